The van der Waals surface area contributed by atoms with Crippen LogP contribution in [0.5, 0.6) is 11.5 Å². The molecule has 0 aromatic heterocycles. The summed E-state index contributed by atoms with van der Waals surface area (Å²) < 4.78 is 10.7. The molecule has 0 saturated carbocycles. The lowest BCUT2D eigenvalue weighted by Crippen LogP contribution is -2.25. The number of amides is 1. The van der Waals surface area contributed by atoms with Crippen LogP contribution in [0.15, 0.2) is 69.4 Å². The number of nitrogens with zero attached hydrogens (tertiary/aromatic N) is 1. The van der Waals surface area contributed by atoms with Crippen LogP contribution < -0.4 is 14.8 Å². The molecule has 6 heteroatoms. The maximum atomic E-state index is 12.9. The van der Waals surface area contributed by atoms with Crippen molar-refractivity contribution in [2.24, 2.45) is 4.99 Å². The van der Waals surface area contributed by atoms with Crippen molar-refractivity contribution < 1.29 is 14.3 Å². The Kier molecular flexibility index (Phi) is 7.04. The standard InChI is InChI=1S/C27H28N2O3S/c1-5-22-21-14-17(2)6-10-25(21)33-26-11-8-19(15-23(26)29-22)27(30)28-13-12-18-7-9-20(31-3)16-24(18)32-4/h6-11,14-16H,5,12-13H2,1-4H3,(H,28,30). The second kappa shape index (κ2) is 10.1. The molecule has 1 heterocycles. The molecule has 0 atom stereocenters. The van der Waals surface area contributed by atoms with Gasteiger partial charge < -0.3 is 14.8 Å². The van der Waals surface area contributed by atoms with E-state index in [4.69, 9.17) is 14.5 Å². The first-order valence-corrected chi connectivity index (χ1v) is 11.8. The number of carbonyl (C=O) groups excluding carboxylic acids is 1. The first kappa shape index (κ1) is 22.9. The fraction of sp³-hybridized carbons (Fsp3) is 0.259. The molecule has 0 radical (unpaired) electrons. The summed E-state index contributed by atoms with van der Waals surface area (Å²) in [7, 11) is 3.26. The van der Waals surface area contributed by atoms with Gasteiger partial charge >= 0.3 is 0 Å². The van der Waals surface area contributed by atoms with Crippen molar-refractivity contribution in [3.63, 3.8) is 0 Å². The van der Waals surface area contributed by atoms with Crippen LogP contribution in [0.25, 0.3) is 0 Å². The molecule has 5 nitrogen and oxygen atoms in total. The Bertz CT molecular complexity index is 1220. The normalized spacial score (nSPS) is 12.2. The van der Waals surface area contributed by atoms with Crippen LogP contribution in [0, 0.1) is 6.92 Å². The zero-order chi connectivity index (χ0) is 23.4. The predicted molar refractivity (Wildman–Crippen MR) is 134 cm³/mol. The van der Waals surface area contributed by atoms with Gasteiger partial charge in [0, 0.05) is 39.2 Å². The lowest BCUT2D eigenvalue weighted by Gasteiger charge is -2.11. The van der Waals surface area contributed by atoms with Crippen LogP contribution >= 0.6 is 11.8 Å². The molecule has 33 heavy (non-hydrogen) atoms. The lowest BCUT2D eigenvalue weighted by molar-refractivity contribution is 0.0954. The molecular weight excluding hydrogens is 432 g/mol. The molecule has 3 aromatic carbocycles. The minimum atomic E-state index is -0.110. The van der Waals surface area contributed by atoms with Gasteiger partial charge in [-0.05, 0) is 61.7 Å². The number of fused-ring (bicyclic) bond motifs is 2. The Hall–Kier alpha value is -3.25. The summed E-state index contributed by atoms with van der Waals surface area (Å²) in [6, 6.07) is 17.9. The quantitative estimate of drug-likeness (QED) is 0.471. The summed E-state index contributed by atoms with van der Waals surface area (Å²) in [5, 5.41) is 3.02. The average molecular weight is 461 g/mol. The van der Waals surface area contributed by atoms with Gasteiger partial charge in [0.05, 0.1) is 19.9 Å². The van der Waals surface area contributed by atoms with Gasteiger partial charge in [-0.25, -0.2) is 0 Å². The largest absolute Gasteiger partial charge is 0.497 e. The molecular formula is C27H28N2O3S. The minimum Gasteiger partial charge on any atom is -0.497 e. The summed E-state index contributed by atoms with van der Waals surface area (Å²) in [4.78, 5) is 20.1. The third-order valence-corrected chi connectivity index (χ3v) is 6.79. The van der Waals surface area contributed by atoms with E-state index in [1.165, 1.54) is 16.0 Å². The maximum Gasteiger partial charge on any atom is 0.251 e. The molecule has 0 fully saturated rings. The zero-order valence-electron chi connectivity index (χ0n) is 19.4. The van der Waals surface area contributed by atoms with Crippen molar-refractivity contribution in [2.45, 2.75) is 36.5 Å². The highest BCUT2D eigenvalue weighted by Gasteiger charge is 2.18. The molecule has 0 bridgehead atoms. The van der Waals surface area contributed by atoms with Crippen LogP contribution in [0.1, 0.15) is 40.4 Å². The van der Waals surface area contributed by atoms with Crippen molar-refractivity contribution in [1.29, 1.82) is 0 Å². The zero-order valence-corrected chi connectivity index (χ0v) is 20.2. The Morgan fingerprint density at radius 1 is 1.00 bits per heavy atom. The van der Waals surface area contributed by atoms with Crippen LogP contribution in [0.2, 0.25) is 0 Å². The summed E-state index contributed by atoms with van der Waals surface area (Å²) >= 11 is 1.70. The highest BCUT2D eigenvalue weighted by atomic mass is 32.2. The van der Waals surface area contributed by atoms with E-state index in [1.54, 1.807) is 26.0 Å². The Morgan fingerprint density at radius 2 is 1.82 bits per heavy atom. The highest BCUT2D eigenvalue weighted by Crippen LogP contribution is 2.41. The van der Waals surface area contributed by atoms with E-state index < -0.39 is 0 Å². The van der Waals surface area contributed by atoms with Gasteiger partial charge in [-0.2, -0.15) is 0 Å². The van der Waals surface area contributed by atoms with Crippen molar-refractivity contribution >= 4 is 29.1 Å². The van der Waals surface area contributed by atoms with Crippen molar-refractivity contribution in [1.82, 2.24) is 5.32 Å². The smallest absolute Gasteiger partial charge is 0.251 e. The number of aryl methyl sites for hydroxylation is 1. The highest BCUT2D eigenvalue weighted by molar-refractivity contribution is 7.99. The number of rotatable bonds is 7. The van der Waals surface area contributed by atoms with Crippen molar-refractivity contribution in [3.8, 4) is 11.5 Å². The molecule has 0 saturated heterocycles. The average Bonchev–Trinajstić information content (AvgIpc) is 2.99. The Balaban J connectivity index is 1.49. The van der Waals surface area contributed by atoms with Crippen LogP contribution in [-0.2, 0) is 6.42 Å². The molecule has 170 valence electrons. The number of hydrogen-bond donors (Lipinski definition) is 1. The molecule has 1 N–H and O–H groups in total. The van der Waals surface area contributed by atoms with Gasteiger partial charge in [-0.15, -0.1) is 0 Å². The van der Waals surface area contributed by atoms with E-state index in [0.29, 0.717) is 18.5 Å². The van der Waals surface area contributed by atoms with Gasteiger partial charge in [0.15, 0.2) is 0 Å². The number of hydrogen-bond acceptors (Lipinski definition) is 5. The molecule has 1 aliphatic rings. The number of benzene rings is 3. The van der Waals surface area contributed by atoms with Crippen molar-refractivity contribution in [2.75, 3.05) is 20.8 Å². The van der Waals surface area contributed by atoms with Crippen LogP contribution in [0.3, 0.4) is 0 Å². The number of nitrogens with one attached hydrogen (secondary N) is 1. The van der Waals surface area contributed by atoms with Gasteiger partial charge in [0.25, 0.3) is 5.91 Å². The number of aliphatic imine (C=N–C) groups is 1. The molecule has 3 aromatic rings. The van der Waals surface area contributed by atoms with Gasteiger partial charge in [0.1, 0.15) is 11.5 Å². The van der Waals surface area contributed by atoms with Gasteiger partial charge in [-0.3, -0.25) is 9.79 Å². The third-order valence-electron chi connectivity index (χ3n) is 5.65. The minimum absolute atomic E-state index is 0.110. The Labute approximate surface area is 199 Å². The molecule has 0 aliphatic carbocycles. The maximum absolute atomic E-state index is 12.9. The van der Waals surface area contributed by atoms with E-state index in [-0.39, 0.29) is 5.91 Å². The third kappa shape index (κ3) is 5.06. The molecule has 4 rings (SSSR count). The van der Waals surface area contributed by atoms with E-state index in [1.807, 2.05) is 36.4 Å². The second-order valence-electron chi connectivity index (χ2n) is 7.88. The number of carbonyl (C=O) groups is 1. The van der Waals surface area contributed by atoms with Crippen molar-refractivity contribution in [3.05, 3.63) is 76.9 Å². The summed E-state index contributed by atoms with van der Waals surface area (Å²) in [5.41, 5.74) is 5.91. The number of methoxy groups -OCH3 is 2. The molecule has 0 unspecified atom stereocenters. The van der Waals surface area contributed by atoms with E-state index >= 15 is 0 Å². The first-order chi connectivity index (χ1) is 16.0. The second-order valence-corrected chi connectivity index (χ2v) is 8.96. The fourth-order valence-electron chi connectivity index (χ4n) is 3.86. The van der Waals surface area contributed by atoms with E-state index in [0.717, 1.165) is 39.8 Å². The Morgan fingerprint density at radius 3 is 2.58 bits per heavy atom. The summed E-state index contributed by atoms with van der Waals surface area (Å²) in [6.45, 7) is 4.71. The van der Waals surface area contributed by atoms with E-state index in [2.05, 4.69) is 37.4 Å². The summed E-state index contributed by atoms with van der Waals surface area (Å²) in [5.74, 6) is 1.38. The fourth-order valence-corrected chi connectivity index (χ4v) is 4.86. The first-order valence-electron chi connectivity index (χ1n) is 11.0. The molecule has 1 amide bonds. The SMILES string of the molecule is CCC1=Nc2cc(C(=O)NCCc3ccc(OC)cc3OC)ccc2Sc2ccc(C)cc21. The van der Waals surface area contributed by atoms with Gasteiger partial charge in [-0.1, -0.05) is 36.4 Å². The number of ether oxygens (including phenoxy) is 2. The monoisotopic (exact) mass is 460 g/mol. The van der Waals surface area contributed by atoms with Crippen LogP contribution in [-0.4, -0.2) is 32.4 Å². The molecule has 1 aliphatic heterocycles. The van der Waals surface area contributed by atoms with Crippen LogP contribution in [0.4, 0.5) is 5.69 Å². The topological polar surface area (TPSA) is 59.9 Å². The van der Waals surface area contributed by atoms with E-state index in [9.17, 15) is 4.79 Å². The predicted octanol–water partition coefficient (Wildman–Crippen LogP) is 5.98. The van der Waals surface area contributed by atoms with Gasteiger partial charge in [0.2, 0.25) is 0 Å². The lowest BCUT2D eigenvalue weighted by atomic mass is 10.0. The molecule has 0 spiro atoms. The summed E-state index contributed by atoms with van der Waals surface area (Å²) in [6.07, 6.45) is 1.49.